The topological polar surface area (TPSA) is 430 Å². The van der Waals surface area contributed by atoms with Crippen molar-refractivity contribution in [3.05, 3.63) is 315 Å². The number of nitrogens with zero attached hydrogens (tertiary/aromatic N) is 22. The Morgan fingerprint density at radius 1 is 0.400 bits per heavy atom. The summed E-state index contributed by atoms with van der Waals surface area (Å²) < 4.78 is 27.2. The number of aldehydes is 1. The van der Waals surface area contributed by atoms with Crippen LogP contribution in [0.1, 0.15) is 183 Å². The van der Waals surface area contributed by atoms with Crippen molar-refractivity contribution in [1.82, 2.24) is 107 Å². The lowest BCUT2D eigenvalue weighted by molar-refractivity contribution is -0.145. The summed E-state index contributed by atoms with van der Waals surface area (Å²) in [6.45, 7) is 47.4. The zero-order valence-corrected chi connectivity index (χ0v) is 85.9. The number of carbonyl (C=O) groups is 6. The smallest absolute Gasteiger partial charge is 0.374 e. The summed E-state index contributed by atoms with van der Waals surface area (Å²) in [5, 5.41) is 9.03. The maximum atomic E-state index is 12.1. The first-order chi connectivity index (χ1) is 66.4. The minimum atomic E-state index is -1.53. The number of rotatable bonds is 16. The van der Waals surface area contributed by atoms with E-state index in [1.807, 2.05) is 236 Å². The molecule has 0 unspecified atom stereocenters. The van der Waals surface area contributed by atoms with Crippen LogP contribution in [0.3, 0.4) is 0 Å². The number of aromatic nitrogens is 22. The van der Waals surface area contributed by atoms with Crippen LogP contribution < -0.4 is 11.5 Å². The number of aryl methyl sites for hydroxylation is 8. The molecule has 724 valence electrons. The van der Waals surface area contributed by atoms with Gasteiger partial charge in [-0.2, -0.15) is 0 Å². The number of nitrogens with two attached hydrogens (primary N) is 2. The first-order valence-electron chi connectivity index (χ1n) is 44.2. The number of hydrogen-bond donors (Lipinski definition) is 3. The lowest BCUT2D eigenvalue weighted by Crippen LogP contribution is -2.18. The van der Waals surface area contributed by atoms with E-state index in [-0.39, 0.29) is 30.5 Å². The summed E-state index contributed by atoms with van der Waals surface area (Å²) in [5.41, 5.74) is 42.1. The van der Waals surface area contributed by atoms with Gasteiger partial charge in [-0.25, -0.2) is 44.5 Å². The zero-order chi connectivity index (χ0) is 103. The van der Waals surface area contributed by atoms with Gasteiger partial charge in [0.25, 0.3) is 5.91 Å². The molecule has 0 aliphatic carbocycles. The molecule has 5 N–H and O–H groups in total. The Bertz CT molecular complexity index is 6920. The number of ketones is 1. The maximum absolute atomic E-state index is 12.1. The number of ether oxygens (including phenoxy) is 3. The SMILES string of the molecule is C#Cc1nc(C(N)=O)n(-c2ccc(C)nc2)c1C.C#Cc1ncn(-c2ccc(C)nc2)c1C.CCOC(=O)CC(C)=O.CCOC(=O)c1ncn(-c2ccc(C)nc2)c1C.COC(=O)c1nc(C#C[Si](C)(C)C)c(C)n1-c1ccc(C)nc1.Cc1ccc(-n2cnc(C#C[Si](C)(C)C)c2C)cn1.Cc1ccc(-n2cnc(C=O)c2C)cn1.Cc1ccc(-n2cnc(CO)c2C)cn1.Cc1ccc(N)cn1. The molecule has 0 aromatic carbocycles. The summed E-state index contributed by atoms with van der Waals surface area (Å²) in [5.74, 6) is 9.54. The molecule has 0 bridgehead atoms. The average Bonchev–Trinajstić information content (AvgIpc) is 1.63. The number of amides is 1. The van der Waals surface area contributed by atoms with Gasteiger partial charge >= 0.3 is 17.9 Å². The molecule has 140 heavy (non-hydrogen) atoms. The van der Waals surface area contributed by atoms with Crippen LogP contribution in [-0.4, -0.2) is 184 Å². The molecular formula is C104H120N24O10Si2. The molecular weight excluding hydrogens is 1800 g/mol. The van der Waals surface area contributed by atoms with Gasteiger partial charge in [0, 0.05) is 51.2 Å². The van der Waals surface area contributed by atoms with Gasteiger partial charge in [0.1, 0.15) is 82.1 Å². The minimum absolute atomic E-state index is 0.0296. The number of hydrogen-bond acceptors (Lipinski definition) is 26. The van der Waals surface area contributed by atoms with Crippen molar-refractivity contribution < 1.29 is 48.1 Å². The van der Waals surface area contributed by atoms with Crippen LogP contribution in [0, 0.1) is 151 Å². The Morgan fingerprint density at radius 3 is 1.08 bits per heavy atom. The Kier molecular flexibility index (Phi) is 41.3. The molecule has 0 saturated heterocycles. The van der Waals surface area contributed by atoms with E-state index < -0.39 is 40.0 Å². The summed E-state index contributed by atoms with van der Waals surface area (Å²) >= 11 is 0. The first-order valence-corrected chi connectivity index (χ1v) is 51.2. The van der Waals surface area contributed by atoms with Crippen LogP contribution in [0.15, 0.2) is 178 Å². The predicted molar refractivity (Wildman–Crippen MR) is 545 cm³/mol. The van der Waals surface area contributed by atoms with Gasteiger partial charge in [-0.15, -0.1) is 23.9 Å². The number of Topliss-reactive ketones (excluding diaryl/α,β-unsaturated/α-hetero) is 1. The lowest BCUT2D eigenvalue weighted by atomic mass is 10.3. The van der Waals surface area contributed by atoms with Gasteiger partial charge < -0.3 is 53.6 Å². The molecule has 34 nitrogen and oxygen atoms in total. The monoisotopic (exact) mass is 1920 g/mol. The number of aliphatic hydroxyl groups is 1. The van der Waals surface area contributed by atoms with Crippen LogP contribution in [0.4, 0.5) is 5.69 Å². The molecule has 15 aromatic heterocycles. The summed E-state index contributed by atoms with van der Waals surface area (Å²) in [6.07, 6.45) is 33.8. The third-order valence-corrected chi connectivity index (χ3v) is 21.7. The number of primary amides is 1. The lowest BCUT2D eigenvalue weighted by Gasteiger charge is -2.08. The van der Waals surface area contributed by atoms with Gasteiger partial charge in [0.15, 0.2) is 12.0 Å². The van der Waals surface area contributed by atoms with E-state index >= 15 is 0 Å². The van der Waals surface area contributed by atoms with Crippen molar-refractivity contribution in [2.24, 2.45) is 5.73 Å². The van der Waals surface area contributed by atoms with Crippen LogP contribution in [0.2, 0.25) is 39.3 Å². The Hall–Kier alpha value is -16.7. The van der Waals surface area contributed by atoms with Gasteiger partial charge in [-0.1, -0.05) is 51.1 Å². The average molecular weight is 1920 g/mol. The van der Waals surface area contributed by atoms with E-state index in [9.17, 15) is 28.8 Å². The highest BCUT2D eigenvalue weighted by Crippen LogP contribution is 2.24. The molecule has 15 heterocycles. The number of pyridine rings is 8. The Balaban J connectivity index is 0.000000217. The fraction of sp³-hybridized carbons (Fsp3) is 0.279. The van der Waals surface area contributed by atoms with E-state index in [2.05, 4.69) is 154 Å². The molecule has 0 fully saturated rings. The van der Waals surface area contributed by atoms with Crippen molar-refractivity contribution in [3.8, 4) is 87.4 Å². The summed E-state index contributed by atoms with van der Waals surface area (Å²) in [4.78, 5) is 129. The molecule has 0 spiro atoms. The minimum Gasteiger partial charge on any atom is -0.466 e. The quantitative estimate of drug-likeness (QED) is 0.0202. The fourth-order valence-electron chi connectivity index (χ4n) is 12.2. The molecule has 0 atom stereocenters. The Morgan fingerprint density at radius 2 is 0.743 bits per heavy atom. The van der Waals surface area contributed by atoms with E-state index in [0.717, 1.165) is 132 Å². The van der Waals surface area contributed by atoms with Crippen molar-refractivity contribution in [3.63, 3.8) is 0 Å². The van der Waals surface area contributed by atoms with Gasteiger partial charge in [-0.3, -0.25) is 68.2 Å². The molecule has 15 rings (SSSR count). The molecule has 1 amide bonds. The number of esters is 3. The van der Waals surface area contributed by atoms with Gasteiger partial charge in [0.2, 0.25) is 11.6 Å². The number of carbonyl (C=O) groups excluding carboxylic acids is 6. The number of nitrogen functional groups attached to an aromatic ring is 1. The summed E-state index contributed by atoms with van der Waals surface area (Å²) in [6, 6.07) is 30.9. The standard InChI is InChI=1S/C17H21N3O2Si.C15H19N3Si.C13H12N4O.C13H15N3O2.C12H11N3.C11H13N3O.C11H11N3O.C6H8N2.C6H10O3/c1-12-7-8-14(11-18-12)20-13(2)15(9-10-23(4,5)6)19-16(20)17(21)22-3;1-12-6-7-14(10-16-12)18-11-17-15(13(18)2)8-9-19(3,4)5;1-4-11-9(3)17(13(16-11)12(14)18)10-6-5-8(2)15-7-10;1-4-18-13(17)12-10(3)16(8-15-12)11-6-5-9(2)14-7-11;1-4-12-10(3)15(8-14-12)11-6-5-9(2)13-7-11;2*1-8-3-4-10(5-12-8)14-7-13-11(6-15)9(14)2;1-5-2-3-6(7)4-8-5;1-3-9-6(8)4-5(2)7/h7-8,11H,1-6H3;6-7,10-11H,1-5H3;1,5-7H,2-3H3,(H2,14,18);5-8H,4H2,1-3H3;1,5-8H,2-3H3;3-5,7,15H,6H2,1-2H3;3-7H,1-2H3;2-4H,7H2,1H3;3-4H2,1-2H3. The second-order valence-electron chi connectivity index (χ2n) is 33.4. The third-order valence-electron chi connectivity index (χ3n) is 19.9. The number of anilines is 1. The number of aliphatic hydroxyl groups excluding tert-OH is 1. The van der Waals surface area contributed by atoms with Gasteiger partial charge in [-0.05, 0) is 234 Å². The maximum Gasteiger partial charge on any atom is 0.374 e. The fourth-order valence-corrected chi connectivity index (χ4v) is 13.2. The molecule has 36 heteroatoms. The number of terminal acetylenes is 2. The van der Waals surface area contributed by atoms with Crippen LogP contribution in [-0.2, 0) is 30.4 Å². The molecule has 15 aromatic rings. The van der Waals surface area contributed by atoms with E-state index in [4.69, 9.17) is 38.9 Å². The molecule has 0 radical (unpaired) electrons. The predicted octanol–water partition coefficient (Wildman–Crippen LogP) is 15.5. The summed E-state index contributed by atoms with van der Waals surface area (Å²) in [7, 11) is -1.55. The third kappa shape index (κ3) is 32.5. The molecule has 0 aliphatic heterocycles. The van der Waals surface area contributed by atoms with Crippen molar-refractivity contribution in [2.75, 3.05) is 26.1 Å². The Labute approximate surface area is 819 Å². The first kappa shape index (κ1) is 110. The van der Waals surface area contributed by atoms with Crippen molar-refractivity contribution in [1.29, 1.82) is 0 Å². The molecule has 0 saturated carbocycles. The zero-order valence-electron chi connectivity index (χ0n) is 83.9. The van der Waals surface area contributed by atoms with Crippen LogP contribution in [0.5, 0.6) is 0 Å². The second kappa shape index (κ2) is 52.4. The highest BCUT2D eigenvalue weighted by atomic mass is 28.3. The second-order valence-corrected chi connectivity index (χ2v) is 42.9. The van der Waals surface area contributed by atoms with Gasteiger partial charge in [0.05, 0.1) is 168 Å². The van der Waals surface area contributed by atoms with Crippen LogP contribution in [0.25, 0.3) is 39.8 Å². The van der Waals surface area contributed by atoms with E-state index in [1.54, 1.807) is 92.4 Å². The number of methoxy groups -OCH3 is 1. The normalized spacial score (nSPS) is 10.3. The largest absolute Gasteiger partial charge is 0.466 e. The van der Waals surface area contributed by atoms with E-state index in [0.29, 0.717) is 58.8 Å². The highest BCUT2D eigenvalue weighted by Gasteiger charge is 2.24. The molecule has 0 aliphatic rings. The number of imidazole rings is 7. The van der Waals surface area contributed by atoms with Crippen molar-refractivity contribution >= 4 is 57.7 Å². The van der Waals surface area contributed by atoms with Crippen molar-refractivity contribution in [2.45, 2.75) is 177 Å². The van der Waals surface area contributed by atoms with Crippen LogP contribution >= 0.6 is 0 Å². The van der Waals surface area contributed by atoms with E-state index in [1.165, 1.54) is 14.0 Å². The highest BCUT2D eigenvalue weighted by molar-refractivity contribution is 6.84.